The summed E-state index contributed by atoms with van der Waals surface area (Å²) in [5, 5.41) is 4.46. The van der Waals surface area contributed by atoms with E-state index in [4.69, 9.17) is 16.3 Å². The smallest absolute Gasteiger partial charge is 0.768 e. The average molecular weight is 295 g/mol. The van der Waals surface area contributed by atoms with Gasteiger partial charge in [-0.1, -0.05) is 11.6 Å². The van der Waals surface area contributed by atoms with Crippen LogP contribution in [0.15, 0.2) is 35.5 Å². The van der Waals surface area contributed by atoms with Crippen LogP contribution in [0.5, 0.6) is 5.75 Å². The van der Waals surface area contributed by atoms with Crippen molar-refractivity contribution in [2.24, 2.45) is 0 Å². The zero-order valence-electron chi connectivity index (χ0n) is 9.79. The third-order valence-corrected chi connectivity index (χ3v) is 2.97. The first-order valence-electron chi connectivity index (χ1n) is 4.59. The van der Waals surface area contributed by atoms with Gasteiger partial charge in [0.15, 0.2) is 0 Å². The molecule has 0 aliphatic rings. The normalized spacial score (nSPS) is 11.7. The zero-order chi connectivity index (χ0) is 12.4. The van der Waals surface area contributed by atoms with Crippen LogP contribution in [0.4, 0.5) is 0 Å². The van der Waals surface area contributed by atoms with E-state index in [1.54, 1.807) is 18.2 Å². The van der Waals surface area contributed by atoms with Crippen LogP contribution < -0.4 is 34.3 Å². The Bertz CT molecular complexity index is 576. The molecule has 2 aromatic rings. The molecule has 0 saturated carbocycles. The predicted octanol–water partition coefficient (Wildman–Crippen LogP) is -1.22. The molecule has 90 valence electrons. The zero-order valence-corrected chi connectivity index (χ0v) is 13.4. The maximum atomic E-state index is 10.8. The van der Waals surface area contributed by atoms with Crippen molar-refractivity contribution in [1.29, 1.82) is 0 Å². The van der Waals surface area contributed by atoms with E-state index in [9.17, 15) is 8.76 Å². The Morgan fingerprint density at radius 3 is 2.78 bits per heavy atom. The van der Waals surface area contributed by atoms with Gasteiger partial charge in [0, 0.05) is 11.2 Å². The molecule has 5 nitrogen and oxygen atoms in total. The van der Waals surface area contributed by atoms with E-state index in [-0.39, 0.29) is 34.5 Å². The van der Waals surface area contributed by atoms with Crippen molar-refractivity contribution < 1.29 is 43.1 Å². The Morgan fingerprint density at radius 1 is 1.50 bits per heavy atom. The quantitative estimate of drug-likeness (QED) is 0.525. The number of aromatic nitrogens is 2. The Hall–Kier alpha value is -0.370. The molecule has 0 bridgehead atoms. The van der Waals surface area contributed by atoms with Crippen LogP contribution >= 0.6 is 11.6 Å². The fourth-order valence-corrected chi connectivity index (χ4v) is 1.85. The van der Waals surface area contributed by atoms with Crippen LogP contribution in [0.1, 0.15) is 0 Å². The molecule has 0 saturated heterocycles. The Kier molecular flexibility index (Phi) is 5.84. The fraction of sp³-hybridized carbons (Fsp3) is 0.100. The summed E-state index contributed by atoms with van der Waals surface area (Å²) in [6.07, 6.45) is 2.64. The summed E-state index contributed by atoms with van der Waals surface area (Å²) in [4.78, 5) is 0.104. The van der Waals surface area contributed by atoms with Gasteiger partial charge in [0.1, 0.15) is 11.4 Å². The largest absolute Gasteiger partial charge is 1.00 e. The van der Waals surface area contributed by atoms with Gasteiger partial charge in [0.25, 0.3) is 0 Å². The van der Waals surface area contributed by atoms with Crippen LogP contribution in [-0.2, 0) is 11.1 Å². The summed E-state index contributed by atoms with van der Waals surface area (Å²) in [6.45, 7) is 0. The van der Waals surface area contributed by atoms with Gasteiger partial charge in [0.05, 0.1) is 18.2 Å². The third-order valence-electron chi connectivity index (χ3n) is 2.14. The Morgan fingerprint density at radius 2 is 2.22 bits per heavy atom. The van der Waals surface area contributed by atoms with Crippen molar-refractivity contribution in [1.82, 2.24) is 9.78 Å². The van der Waals surface area contributed by atoms with E-state index in [0.717, 1.165) is 0 Å². The molecule has 0 amide bonds. The first kappa shape index (κ1) is 15.7. The molecule has 0 aliphatic heterocycles. The second-order valence-electron chi connectivity index (χ2n) is 3.17. The van der Waals surface area contributed by atoms with Crippen molar-refractivity contribution in [3.63, 3.8) is 0 Å². The van der Waals surface area contributed by atoms with E-state index >= 15 is 0 Å². The summed E-state index contributed by atoms with van der Waals surface area (Å²) in [6, 6.07) is 5.01. The van der Waals surface area contributed by atoms with E-state index in [1.807, 2.05) is 0 Å². The number of hydrogen-bond acceptors (Lipinski definition) is 4. The molecule has 18 heavy (non-hydrogen) atoms. The number of methoxy groups -OCH3 is 1. The van der Waals surface area contributed by atoms with E-state index in [2.05, 4.69) is 5.10 Å². The van der Waals surface area contributed by atoms with Crippen molar-refractivity contribution in [3.8, 4) is 11.4 Å². The summed E-state index contributed by atoms with van der Waals surface area (Å²) in [5.41, 5.74) is 0.580. The molecular weight excluding hydrogens is 287 g/mol. The van der Waals surface area contributed by atoms with Crippen LogP contribution in [0.25, 0.3) is 5.69 Å². The number of halogens is 1. The minimum absolute atomic E-state index is 0. The molecule has 1 unspecified atom stereocenters. The summed E-state index contributed by atoms with van der Waals surface area (Å²) in [5.74, 6) is 0.556. The third kappa shape index (κ3) is 3.34. The molecule has 2 rings (SSSR count). The second kappa shape index (κ2) is 6.70. The SMILES string of the molecule is COc1ccc(Cl)cc1-n1cc(S(=O)[O-])cn1.[Na+]. The van der Waals surface area contributed by atoms with Crippen molar-refractivity contribution in [2.45, 2.75) is 4.90 Å². The molecule has 0 radical (unpaired) electrons. The van der Waals surface area contributed by atoms with Gasteiger partial charge in [-0.15, -0.1) is 0 Å². The summed E-state index contributed by atoms with van der Waals surface area (Å²) in [7, 11) is 1.52. The average Bonchev–Trinajstić information content (AvgIpc) is 2.78. The molecule has 1 aromatic heterocycles. The van der Waals surface area contributed by atoms with Crippen molar-refractivity contribution in [3.05, 3.63) is 35.6 Å². The molecule has 1 atom stereocenters. The van der Waals surface area contributed by atoms with Gasteiger partial charge in [-0.05, 0) is 29.3 Å². The first-order valence-corrected chi connectivity index (χ1v) is 6.05. The fourth-order valence-electron chi connectivity index (χ4n) is 1.37. The summed E-state index contributed by atoms with van der Waals surface area (Å²) >= 11 is 3.57. The minimum Gasteiger partial charge on any atom is -0.768 e. The number of benzene rings is 1. The van der Waals surface area contributed by atoms with Crippen LogP contribution in [0.3, 0.4) is 0 Å². The molecule has 0 aliphatic carbocycles. The van der Waals surface area contributed by atoms with Crippen LogP contribution in [-0.4, -0.2) is 25.7 Å². The maximum absolute atomic E-state index is 10.8. The van der Waals surface area contributed by atoms with Gasteiger partial charge in [-0.25, -0.2) is 4.68 Å². The molecule has 8 heteroatoms. The topological polar surface area (TPSA) is 67.2 Å². The summed E-state index contributed by atoms with van der Waals surface area (Å²) < 4.78 is 28.1. The van der Waals surface area contributed by atoms with E-state index in [1.165, 1.54) is 24.2 Å². The second-order valence-corrected chi connectivity index (χ2v) is 4.55. The van der Waals surface area contributed by atoms with Gasteiger partial charge >= 0.3 is 29.6 Å². The first-order chi connectivity index (χ1) is 8.11. The minimum atomic E-state index is -2.30. The monoisotopic (exact) mass is 294 g/mol. The number of rotatable bonds is 3. The van der Waals surface area contributed by atoms with Gasteiger partial charge < -0.3 is 9.29 Å². The Balaban J connectivity index is 0.00000162. The number of ether oxygens (including phenoxy) is 1. The predicted molar refractivity (Wildman–Crippen MR) is 62.3 cm³/mol. The molecule has 0 N–H and O–H groups in total. The number of hydrogen-bond donors (Lipinski definition) is 0. The van der Waals surface area contributed by atoms with Crippen molar-refractivity contribution in [2.75, 3.05) is 7.11 Å². The molecular formula is C10H8ClN2NaO3S. The molecule has 1 heterocycles. The number of nitrogens with zero attached hydrogens (tertiary/aromatic N) is 2. The Labute approximate surface area is 134 Å². The standard InChI is InChI=1S/C10H9ClN2O3S.Na/c1-16-10-3-2-7(11)4-9(10)13-6-8(5-12-13)17(14)15;/h2-6H,1H3,(H,14,15);/q;+1/p-1. The van der Waals surface area contributed by atoms with Gasteiger partial charge in [-0.2, -0.15) is 5.10 Å². The molecule has 1 aromatic carbocycles. The van der Waals surface area contributed by atoms with Gasteiger partial charge in [0.2, 0.25) is 0 Å². The van der Waals surface area contributed by atoms with Crippen molar-refractivity contribution >= 4 is 22.7 Å². The van der Waals surface area contributed by atoms with Crippen LogP contribution in [0.2, 0.25) is 5.02 Å². The molecule has 0 fully saturated rings. The molecule has 0 spiro atoms. The maximum Gasteiger partial charge on any atom is 1.00 e. The van der Waals surface area contributed by atoms with E-state index < -0.39 is 11.1 Å². The van der Waals surface area contributed by atoms with Crippen LogP contribution in [0, 0.1) is 0 Å². The van der Waals surface area contributed by atoms with E-state index in [0.29, 0.717) is 16.5 Å². The van der Waals surface area contributed by atoms with Gasteiger partial charge in [-0.3, -0.25) is 4.21 Å².